The monoisotopic (exact) mass is 493 g/mol. The summed E-state index contributed by atoms with van der Waals surface area (Å²) in [5.74, 6) is 0.137. The van der Waals surface area contributed by atoms with Gasteiger partial charge in [0, 0.05) is 50.6 Å². The van der Waals surface area contributed by atoms with Crippen LogP contribution in [0.2, 0.25) is 0 Å². The largest absolute Gasteiger partial charge is 0.497 e. The average Bonchev–Trinajstić information content (AvgIpc) is 2.88. The Morgan fingerprint density at radius 1 is 1.00 bits per heavy atom. The normalized spacial score (nSPS) is 18.5. The molecule has 0 unspecified atom stereocenters. The van der Waals surface area contributed by atoms with Gasteiger partial charge in [-0.3, -0.25) is 19.3 Å². The van der Waals surface area contributed by atoms with Gasteiger partial charge in [-0.25, -0.2) is 0 Å². The van der Waals surface area contributed by atoms with E-state index in [1.165, 1.54) is 0 Å². The van der Waals surface area contributed by atoms with Crippen molar-refractivity contribution in [2.24, 2.45) is 0 Å². The minimum absolute atomic E-state index is 0.0737. The predicted octanol–water partition coefficient (Wildman–Crippen LogP) is 1.79. The highest BCUT2D eigenvalue weighted by molar-refractivity contribution is 5.97. The highest BCUT2D eigenvalue weighted by Crippen LogP contribution is 2.21. The molecule has 2 aliphatic rings. The molecule has 4 rings (SSSR count). The summed E-state index contributed by atoms with van der Waals surface area (Å²) in [7, 11) is 1.65. The Bertz CT molecular complexity index is 1100. The molecule has 192 valence electrons. The third-order valence-electron chi connectivity index (χ3n) is 6.99. The summed E-state index contributed by atoms with van der Waals surface area (Å²) in [6.45, 7) is 8.13. The van der Waals surface area contributed by atoms with Crippen LogP contribution >= 0.6 is 0 Å². The van der Waals surface area contributed by atoms with Crippen LogP contribution in [0.3, 0.4) is 0 Å². The smallest absolute Gasteiger partial charge is 0.243 e. The fraction of sp³-hybridized carbons (Fsp3) is 0.444. The van der Waals surface area contributed by atoms with Crippen molar-refractivity contribution in [3.63, 3.8) is 0 Å². The Hall–Kier alpha value is -3.59. The van der Waals surface area contributed by atoms with Crippen LogP contribution in [0.4, 0.5) is 11.4 Å². The molecule has 36 heavy (non-hydrogen) atoms. The first-order valence-electron chi connectivity index (χ1n) is 12.4. The molecule has 2 aromatic rings. The zero-order valence-electron chi connectivity index (χ0n) is 21.3. The van der Waals surface area contributed by atoms with Crippen LogP contribution in [0.25, 0.3) is 0 Å². The number of carbonyl (C=O) groups is 3. The number of hydrogen-bond acceptors (Lipinski definition) is 6. The molecule has 2 fully saturated rings. The molecule has 2 aliphatic heterocycles. The Labute approximate surface area is 212 Å². The first kappa shape index (κ1) is 25.5. The standard InChI is InChI=1S/C27H35N5O4/c1-19-4-5-21(16-20(19)2)29-25(33)17-24-27(35)28-10-11-32(24)26(34)18-30-12-14-31(15-13-30)22-6-8-23(36-3)9-7-22/h4-9,16,24H,10-15,17-18H2,1-3H3,(H,28,35)(H,29,33)/t24-/m1/s1. The lowest BCUT2D eigenvalue weighted by molar-refractivity contribution is -0.145. The van der Waals surface area contributed by atoms with Gasteiger partial charge in [0.2, 0.25) is 17.7 Å². The van der Waals surface area contributed by atoms with Crippen molar-refractivity contribution in [2.45, 2.75) is 26.3 Å². The molecule has 0 saturated carbocycles. The lowest BCUT2D eigenvalue weighted by Gasteiger charge is -2.39. The Morgan fingerprint density at radius 3 is 2.39 bits per heavy atom. The fourth-order valence-electron chi connectivity index (χ4n) is 4.66. The van der Waals surface area contributed by atoms with E-state index in [1.54, 1.807) is 12.0 Å². The highest BCUT2D eigenvalue weighted by atomic mass is 16.5. The Kier molecular flexibility index (Phi) is 8.10. The van der Waals surface area contributed by atoms with Gasteiger partial charge in [-0.05, 0) is 61.4 Å². The van der Waals surface area contributed by atoms with Crippen LogP contribution < -0.4 is 20.3 Å². The molecular weight excluding hydrogens is 458 g/mol. The predicted molar refractivity (Wildman–Crippen MR) is 139 cm³/mol. The summed E-state index contributed by atoms with van der Waals surface area (Å²) in [6, 6.07) is 12.9. The van der Waals surface area contributed by atoms with Gasteiger partial charge in [0.1, 0.15) is 11.8 Å². The van der Waals surface area contributed by atoms with Crippen molar-refractivity contribution >= 4 is 29.1 Å². The second kappa shape index (κ2) is 11.4. The number of carbonyl (C=O) groups excluding carboxylic acids is 3. The number of amides is 3. The number of piperazine rings is 2. The quantitative estimate of drug-likeness (QED) is 0.611. The van der Waals surface area contributed by atoms with Crippen molar-refractivity contribution < 1.29 is 19.1 Å². The van der Waals surface area contributed by atoms with Crippen molar-refractivity contribution in [1.29, 1.82) is 0 Å². The van der Waals surface area contributed by atoms with Gasteiger partial charge in [-0.1, -0.05) is 6.07 Å². The SMILES string of the molecule is COc1ccc(N2CCN(CC(=O)N3CCNC(=O)[C@H]3CC(=O)Nc3ccc(C)c(C)c3)CC2)cc1. The van der Waals surface area contributed by atoms with Gasteiger partial charge >= 0.3 is 0 Å². The molecule has 0 aromatic heterocycles. The van der Waals surface area contributed by atoms with Crippen molar-refractivity contribution in [1.82, 2.24) is 15.1 Å². The zero-order chi connectivity index (χ0) is 25.7. The highest BCUT2D eigenvalue weighted by Gasteiger charge is 2.35. The van der Waals surface area contributed by atoms with Crippen molar-refractivity contribution in [3.8, 4) is 5.75 Å². The Balaban J connectivity index is 1.31. The van der Waals surface area contributed by atoms with Crippen LogP contribution in [0.15, 0.2) is 42.5 Å². The van der Waals surface area contributed by atoms with Crippen LogP contribution in [-0.4, -0.2) is 86.5 Å². The first-order valence-corrected chi connectivity index (χ1v) is 12.4. The van der Waals surface area contributed by atoms with E-state index in [0.29, 0.717) is 18.8 Å². The van der Waals surface area contributed by atoms with E-state index in [0.717, 1.165) is 48.7 Å². The second-order valence-corrected chi connectivity index (χ2v) is 9.41. The topological polar surface area (TPSA) is 94.2 Å². The lowest BCUT2D eigenvalue weighted by Crippen LogP contribution is -2.60. The first-order chi connectivity index (χ1) is 17.3. The molecule has 9 nitrogen and oxygen atoms in total. The van der Waals surface area contributed by atoms with E-state index in [1.807, 2.05) is 56.3 Å². The molecule has 0 bridgehead atoms. The van der Waals surface area contributed by atoms with Gasteiger partial charge < -0.3 is 25.2 Å². The molecule has 2 heterocycles. The number of methoxy groups -OCH3 is 1. The summed E-state index contributed by atoms with van der Waals surface area (Å²) >= 11 is 0. The molecule has 2 aromatic carbocycles. The molecular formula is C27H35N5O4. The van der Waals surface area contributed by atoms with Crippen LogP contribution in [0.5, 0.6) is 5.75 Å². The minimum Gasteiger partial charge on any atom is -0.497 e. The maximum atomic E-state index is 13.2. The molecule has 2 saturated heterocycles. The third-order valence-corrected chi connectivity index (χ3v) is 6.99. The summed E-state index contributed by atoms with van der Waals surface area (Å²) < 4.78 is 5.23. The summed E-state index contributed by atoms with van der Waals surface area (Å²) in [5, 5.41) is 5.66. The zero-order valence-corrected chi connectivity index (χ0v) is 21.3. The number of hydrogen-bond donors (Lipinski definition) is 2. The van der Waals surface area contributed by atoms with Crippen molar-refractivity contribution in [3.05, 3.63) is 53.6 Å². The average molecular weight is 494 g/mol. The number of aryl methyl sites for hydroxylation is 2. The maximum absolute atomic E-state index is 13.2. The number of benzene rings is 2. The molecule has 9 heteroatoms. The van der Waals surface area contributed by atoms with E-state index in [-0.39, 0.29) is 30.7 Å². The van der Waals surface area contributed by atoms with Gasteiger partial charge in [0.05, 0.1) is 20.1 Å². The molecule has 1 atom stereocenters. The van der Waals surface area contributed by atoms with Gasteiger partial charge in [0.25, 0.3) is 0 Å². The number of ether oxygens (including phenoxy) is 1. The molecule has 3 amide bonds. The van der Waals surface area contributed by atoms with Gasteiger partial charge in [-0.2, -0.15) is 0 Å². The van der Waals surface area contributed by atoms with Crippen LogP contribution in [0.1, 0.15) is 17.5 Å². The van der Waals surface area contributed by atoms with E-state index < -0.39 is 6.04 Å². The number of anilines is 2. The number of rotatable bonds is 7. The lowest BCUT2D eigenvalue weighted by atomic mass is 10.1. The van der Waals surface area contributed by atoms with Crippen molar-refractivity contribution in [2.75, 3.05) is 63.1 Å². The molecule has 2 N–H and O–H groups in total. The number of nitrogens with zero attached hydrogens (tertiary/aromatic N) is 3. The Morgan fingerprint density at radius 2 is 1.72 bits per heavy atom. The number of nitrogens with one attached hydrogen (secondary N) is 2. The summed E-state index contributed by atoms with van der Waals surface area (Å²) in [5.41, 5.74) is 4.03. The molecule has 0 spiro atoms. The van der Waals surface area contributed by atoms with Crippen LogP contribution in [-0.2, 0) is 14.4 Å². The summed E-state index contributed by atoms with van der Waals surface area (Å²) in [4.78, 5) is 44.5. The van der Waals surface area contributed by atoms with Gasteiger partial charge in [0.15, 0.2) is 0 Å². The molecule has 0 aliphatic carbocycles. The minimum atomic E-state index is -0.807. The van der Waals surface area contributed by atoms with E-state index in [9.17, 15) is 14.4 Å². The van der Waals surface area contributed by atoms with Crippen LogP contribution in [0, 0.1) is 13.8 Å². The van der Waals surface area contributed by atoms with E-state index in [2.05, 4.69) is 20.4 Å². The second-order valence-electron chi connectivity index (χ2n) is 9.41. The van der Waals surface area contributed by atoms with E-state index in [4.69, 9.17) is 4.74 Å². The third kappa shape index (κ3) is 6.15. The van der Waals surface area contributed by atoms with Gasteiger partial charge in [-0.15, -0.1) is 0 Å². The summed E-state index contributed by atoms with van der Waals surface area (Å²) in [6.07, 6.45) is -0.0737. The fourth-order valence-corrected chi connectivity index (χ4v) is 4.66. The van der Waals surface area contributed by atoms with E-state index >= 15 is 0 Å². The molecule has 0 radical (unpaired) electrons. The maximum Gasteiger partial charge on any atom is 0.243 e.